The van der Waals surface area contributed by atoms with Crippen molar-refractivity contribution in [3.8, 4) is 0 Å². The largest absolute Gasteiger partial charge is 0.354 e. The van der Waals surface area contributed by atoms with Gasteiger partial charge in [-0.2, -0.15) is 5.10 Å². The van der Waals surface area contributed by atoms with Crippen LogP contribution in [0.4, 0.5) is 10.5 Å². The van der Waals surface area contributed by atoms with Crippen LogP contribution in [0.15, 0.2) is 103 Å². The Kier molecular flexibility index (Phi) is 17.2. The number of carbonyl (C=O) groups excluding carboxylic acids is 7. The van der Waals surface area contributed by atoms with E-state index in [2.05, 4.69) is 31.2 Å². The fraction of sp³-hybridized carbons (Fsp3) is 0.360. The van der Waals surface area contributed by atoms with Gasteiger partial charge in [0.05, 0.1) is 11.2 Å². The smallest absolute Gasteiger partial charge is 0.322 e. The molecule has 0 saturated heterocycles. The second-order valence-electron chi connectivity index (χ2n) is 17.0. The third kappa shape index (κ3) is 13.5. The van der Waals surface area contributed by atoms with Crippen molar-refractivity contribution in [2.75, 3.05) is 25.0 Å². The molecule has 0 fully saturated rings. The number of urea groups is 1. The van der Waals surface area contributed by atoms with Gasteiger partial charge in [-0.15, -0.1) is 0 Å². The molecule has 6 rings (SSSR count). The molecule has 2 aliphatic rings. The maximum absolute atomic E-state index is 13.2. The predicted molar refractivity (Wildman–Crippen MR) is 255 cm³/mol. The molecule has 350 valence electrons. The third-order valence-corrected chi connectivity index (χ3v) is 11.5. The Morgan fingerprint density at radius 3 is 2.33 bits per heavy atom. The number of hydrogen-bond donors (Lipinski definition) is 4. The van der Waals surface area contributed by atoms with E-state index in [9.17, 15) is 33.6 Å². The molecule has 0 bridgehead atoms. The van der Waals surface area contributed by atoms with Crippen LogP contribution >= 0.6 is 0 Å². The van der Waals surface area contributed by atoms with Gasteiger partial charge in [0.1, 0.15) is 12.1 Å². The van der Waals surface area contributed by atoms with Crippen LogP contribution in [0.25, 0.3) is 16.5 Å². The van der Waals surface area contributed by atoms with Crippen LogP contribution in [0.2, 0.25) is 0 Å². The molecule has 67 heavy (non-hydrogen) atoms. The lowest BCUT2D eigenvalue weighted by molar-refractivity contribution is -0.137. The summed E-state index contributed by atoms with van der Waals surface area (Å²) in [6, 6.07) is 17.0. The minimum absolute atomic E-state index is 0.169. The van der Waals surface area contributed by atoms with E-state index in [0.717, 1.165) is 38.1 Å². The highest BCUT2D eigenvalue weighted by Gasteiger charge is 2.28. The molecule has 2 aromatic carbocycles. The van der Waals surface area contributed by atoms with Crippen molar-refractivity contribution >= 4 is 69.9 Å². The Morgan fingerprint density at radius 2 is 1.60 bits per heavy atom. The molecule has 2 aliphatic heterocycles. The number of allylic oxidation sites excluding steroid dienone is 2. The van der Waals surface area contributed by atoms with Crippen molar-refractivity contribution in [2.45, 2.75) is 91.4 Å². The van der Waals surface area contributed by atoms with E-state index in [1.807, 2.05) is 61.5 Å². The number of amides is 8. The number of nitrogens with one attached hydrogen (secondary N) is 4. The van der Waals surface area contributed by atoms with E-state index < -0.39 is 23.9 Å². The van der Waals surface area contributed by atoms with Gasteiger partial charge in [-0.05, 0) is 104 Å². The van der Waals surface area contributed by atoms with E-state index >= 15 is 0 Å². The van der Waals surface area contributed by atoms with Gasteiger partial charge >= 0.3 is 6.03 Å². The average molecular weight is 911 g/mol. The van der Waals surface area contributed by atoms with Gasteiger partial charge in [0.15, 0.2) is 0 Å². The molecule has 2 atom stereocenters. The van der Waals surface area contributed by atoms with Gasteiger partial charge in [0.2, 0.25) is 24.1 Å². The molecular formula is C50H58N10O7. The summed E-state index contributed by atoms with van der Waals surface area (Å²) in [6.45, 7) is 8.94. The highest BCUT2D eigenvalue weighted by atomic mass is 16.2. The first-order chi connectivity index (χ1) is 32.3. The maximum Gasteiger partial charge on any atom is 0.322 e. The van der Waals surface area contributed by atoms with E-state index in [1.54, 1.807) is 56.4 Å². The highest BCUT2D eigenvalue weighted by Crippen LogP contribution is 2.26. The Morgan fingerprint density at radius 1 is 0.836 bits per heavy atom. The number of hydrazone groups is 1. The van der Waals surface area contributed by atoms with Gasteiger partial charge in [0, 0.05) is 86.5 Å². The number of imide groups is 1. The first kappa shape index (κ1) is 48.9. The number of pyridine rings is 2. The number of benzene rings is 2. The van der Waals surface area contributed by atoms with Gasteiger partial charge in [-0.3, -0.25) is 43.6 Å². The van der Waals surface area contributed by atoms with Gasteiger partial charge < -0.3 is 26.2 Å². The number of hydrogen-bond acceptors (Lipinski definition) is 10. The Labute approximate surface area is 390 Å². The summed E-state index contributed by atoms with van der Waals surface area (Å²) in [6.07, 6.45) is 13.2. The Balaban J connectivity index is 1.00. The van der Waals surface area contributed by atoms with Crippen molar-refractivity contribution in [3.63, 3.8) is 0 Å². The summed E-state index contributed by atoms with van der Waals surface area (Å²) in [5.41, 5.74) is 6.62. The lowest BCUT2D eigenvalue weighted by atomic mass is 9.99. The standard InChI is InChI=1S/C50H58N10O7/c1-33(2)47(56-44(62)15-6-5-8-27-60-45(63)20-21-46(60)64)49(66)54-35(4)48(65)53-23-7-9-26-59(32-61)57-43(28-34(3)40-12-10-14-42-41(40)13-11-24-52-42)36-16-18-39(19-17-36)55-50(67)58-30-37-22-25-51-29-38(37)31-58/h10-14,16-22,24-25,28-29,32-33,35,47H,5-9,15,23,26-27,30-31H2,1-4H3,(H,53,65)(H,54,66)(H,55,67)(H,56,62)/b34-28+,57-43+. The van der Waals surface area contributed by atoms with Crippen LogP contribution in [0.3, 0.4) is 0 Å². The van der Waals surface area contributed by atoms with Gasteiger partial charge in [-0.1, -0.05) is 50.6 Å². The first-order valence-electron chi connectivity index (χ1n) is 22.6. The van der Waals surface area contributed by atoms with Gasteiger partial charge in [-0.25, -0.2) is 9.80 Å². The number of unbranched alkanes of at least 4 members (excludes halogenated alkanes) is 3. The zero-order chi connectivity index (χ0) is 47.9. The quantitative estimate of drug-likeness (QED) is 0.0258. The van der Waals surface area contributed by atoms with E-state index in [1.165, 1.54) is 17.2 Å². The molecule has 0 saturated carbocycles. The monoisotopic (exact) mass is 910 g/mol. The van der Waals surface area contributed by atoms with Crippen molar-refractivity contribution < 1.29 is 33.6 Å². The molecule has 4 N–H and O–H groups in total. The van der Waals surface area contributed by atoms with Gasteiger partial charge in [0.25, 0.3) is 11.8 Å². The average Bonchev–Trinajstić information content (AvgIpc) is 3.91. The molecule has 0 aliphatic carbocycles. The van der Waals surface area contributed by atoms with Crippen LogP contribution in [0.1, 0.15) is 88.5 Å². The molecular weight excluding hydrogens is 853 g/mol. The molecule has 17 heteroatoms. The maximum atomic E-state index is 13.2. The van der Waals surface area contributed by atoms with Crippen molar-refractivity contribution in [2.24, 2.45) is 11.0 Å². The number of carbonyl (C=O) groups is 7. The van der Waals surface area contributed by atoms with Crippen molar-refractivity contribution in [1.29, 1.82) is 0 Å². The molecule has 0 spiro atoms. The number of rotatable bonds is 22. The second kappa shape index (κ2) is 23.6. The lowest BCUT2D eigenvalue weighted by Crippen LogP contribution is -2.54. The van der Waals surface area contributed by atoms with E-state index in [-0.39, 0.29) is 55.7 Å². The SMILES string of the molecule is C/C(=C\C(=N/N(C=O)CCCCNC(=O)C(C)NC(=O)C(NC(=O)CCCCCN1C(=O)C=CC1=O)C(C)C)c1ccc(NC(=O)N2Cc3ccncc3C2)cc1)c1cccc2ncccc12. The first-order valence-corrected chi connectivity index (χ1v) is 22.6. The molecule has 4 heterocycles. The minimum atomic E-state index is -0.878. The molecule has 4 aromatic rings. The second-order valence-corrected chi connectivity index (χ2v) is 17.0. The Hall–Kier alpha value is -7.56. The molecule has 17 nitrogen and oxygen atoms in total. The van der Waals surface area contributed by atoms with Crippen molar-refractivity contribution in [1.82, 2.24) is 40.7 Å². The number of anilines is 1. The van der Waals surface area contributed by atoms with E-state index in [4.69, 9.17) is 5.10 Å². The zero-order valence-electron chi connectivity index (χ0n) is 38.4. The molecule has 2 unspecified atom stereocenters. The predicted octanol–water partition coefficient (Wildman–Crippen LogP) is 5.47. The Bertz CT molecular complexity index is 2510. The van der Waals surface area contributed by atoms with Crippen LogP contribution in [-0.4, -0.2) is 104 Å². The number of fused-ring (bicyclic) bond motifs is 2. The lowest BCUT2D eigenvalue weighted by Gasteiger charge is -2.24. The minimum Gasteiger partial charge on any atom is -0.354 e. The van der Waals surface area contributed by atoms with Crippen LogP contribution in [0.5, 0.6) is 0 Å². The summed E-state index contributed by atoms with van der Waals surface area (Å²) in [7, 11) is 0. The topological polar surface area (TPSA) is 215 Å². The fourth-order valence-electron chi connectivity index (χ4n) is 7.75. The van der Waals surface area contributed by atoms with Crippen molar-refractivity contribution in [3.05, 3.63) is 120 Å². The normalized spacial score (nSPS) is 14.5. The summed E-state index contributed by atoms with van der Waals surface area (Å²) in [5, 5.41) is 18.4. The summed E-state index contributed by atoms with van der Waals surface area (Å²) < 4.78 is 0. The van der Waals surface area contributed by atoms with E-state index in [0.29, 0.717) is 68.6 Å². The summed E-state index contributed by atoms with van der Waals surface area (Å²) >= 11 is 0. The van der Waals surface area contributed by atoms with Crippen LogP contribution in [-0.2, 0) is 41.9 Å². The molecule has 0 radical (unpaired) electrons. The third-order valence-electron chi connectivity index (χ3n) is 11.5. The fourth-order valence-corrected chi connectivity index (χ4v) is 7.75. The molecule has 8 amide bonds. The molecule has 2 aromatic heterocycles. The zero-order valence-corrected chi connectivity index (χ0v) is 38.4. The van der Waals surface area contributed by atoms with Crippen LogP contribution in [0, 0.1) is 5.92 Å². The summed E-state index contributed by atoms with van der Waals surface area (Å²) in [4.78, 5) is 99.5. The number of nitrogens with zero attached hydrogens (tertiary/aromatic N) is 6. The number of aromatic nitrogens is 2. The summed E-state index contributed by atoms with van der Waals surface area (Å²) in [5.74, 6) is -2.10. The van der Waals surface area contributed by atoms with Crippen LogP contribution < -0.4 is 21.3 Å². The highest BCUT2D eigenvalue weighted by molar-refractivity contribution is 6.14.